The maximum absolute atomic E-state index is 12.9. The maximum atomic E-state index is 12.9. The Morgan fingerprint density at radius 2 is 2.18 bits per heavy atom. The van der Waals surface area contributed by atoms with Crippen LogP contribution >= 0.6 is 0 Å². The molecule has 0 aliphatic carbocycles. The van der Waals surface area contributed by atoms with Crippen molar-refractivity contribution in [1.82, 2.24) is 10.3 Å². The molecule has 64 valence electrons. The lowest BCUT2D eigenvalue weighted by Crippen LogP contribution is -2.36. The molecule has 0 aromatic carbocycles. The number of nitrogens with two attached hydrogens (primary N) is 1. The average Bonchev–Trinajstić information content (AvgIpc) is 2.35. The minimum Gasteiger partial charge on any atom is -0.306 e. The first-order valence-electron chi connectivity index (χ1n) is 3.70. The van der Waals surface area contributed by atoms with Crippen LogP contribution in [0.5, 0.6) is 0 Å². The molecule has 2 fully saturated rings. The lowest BCUT2D eigenvalue weighted by Gasteiger charge is -2.15. The molecule has 5 heteroatoms. The quantitative estimate of drug-likeness (QED) is 0.468. The SMILES string of the molecule is NN1CC2NCC(F)(F)C2C1. The molecule has 2 atom stereocenters. The molecule has 0 amide bonds. The lowest BCUT2D eigenvalue weighted by molar-refractivity contribution is -0.0243. The Morgan fingerprint density at radius 3 is 2.82 bits per heavy atom. The van der Waals surface area contributed by atoms with E-state index in [1.165, 1.54) is 5.01 Å². The molecule has 2 aliphatic rings. The molecule has 2 rings (SSSR count). The minimum atomic E-state index is -2.56. The number of alkyl halides is 2. The van der Waals surface area contributed by atoms with Crippen LogP contribution in [0.1, 0.15) is 0 Å². The first-order chi connectivity index (χ1) is 5.09. The van der Waals surface area contributed by atoms with Gasteiger partial charge >= 0.3 is 0 Å². The van der Waals surface area contributed by atoms with Gasteiger partial charge in [-0.2, -0.15) is 0 Å². The lowest BCUT2D eigenvalue weighted by atomic mass is 10.0. The van der Waals surface area contributed by atoms with Gasteiger partial charge in [0, 0.05) is 19.1 Å². The highest BCUT2D eigenvalue weighted by Gasteiger charge is 2.53. The second kappa shape index (κ2) is 2.12. The Hall–Kier alpha value is -0.260. The summed E-state index contributed by atoms with van der Waals surface area (Å²) in [4.78, 5) is 0. The highest BCUT2D eigenvalue weighted by Crippen LogP contribution is 2.35. The molecule has 2 aliphatic heterocycles. The predicted molar refractivity (Wildman–Crippen MR) is 36.0 cm³/mol. The summed E-state index contributed by atoms with van der Waals surface area (Å²) in [6.45, 7) is 0.668. The Labute approximate surface area is 63.5 Å². The van der Waals surface area contributed by atoms with E-state index in [0.717, 1.165) is 0 Å². The van der Waals surface area contributed by atoms with Gasteiger partial charge in [0.15, 0.2) is 0 Å². The Kier molecular flexibility index (Phi) is 1.42. The van der Waals surface area contributed by atoms with Gasteiger partial charge in [0.2, 0.25) is 0 Å². The van der Waals surface area contributed by atoms with Crippen molar-refractivity contribution in [1.29, 1.82) is 0 Å². The van der Waals surface area contributed by atoms with Crippen LogP contribution in [0.15, 0.2) is 0 Å². The van der Waals surface area contributed by atoms with Crippen LogP contribution < -0.4 is 11.2 Å². The van der Waals surface area contributed by atoms with Gasteiger partial charge < -0.3 is 5.32 Å². The average molecular weight is 163 g/mol. The zero-order valence-electron chi connectivity index (χ0n) is 6.06. The molecule has 0 aromatic heterocycles. The van der Waals surface area contributed by atoms with Crippen LogP contribution in [0.3, 0.4) is 0 Å². The smallest absolute Gasteiger partial charge is 0.265 e. The number of nitrogens with one attached hydrogen (secondary N) is 1. The molecule has 0 spiro atoms. The fourth-order valence-corrected chi connectivity index (χ4v) is 1.87. The topological polar surface area (TPSA) is 41.3 Å². The second-order valence-corrected chi connectivity index (χ2v) is 3.31. The molecule has 0 radical (unpaired) electrons. The number of nitrogens with zero attached hydrogens (tertiary/aromatic N) is 1. The highest BCUT2D eigenvalue weighted by atomic mass is 19.3. The van der Waals surface area contributed by atoms with Crippen LogP contribution in [0.4, 0.5) is 8.78 Å². The van der Waals surface area contributed by atoms with Gasteiger partial charge in [-0.05, 0) is 0 Å². The molecule has 2 heterocycles. The number of hydrazine groups is 1. The van der Waals surface area contributed by atoms with E-state index in [9.17, 15) is 8.78 Å². The molecule has 0 saturated carbocycles. The summed E-state index contributed by atoms with van der Waals surface area (Å²) in [5, 5.41) is 4.22. The summed E-state index contributed by atoms with van der Waals surface area (Å²) in [6, 6.07) is -0.102. The van der Waals surface area contributed by atoms with Crippen molar-refractivity contribution in [2.24, 2.45) is 11.8 Å². The summed E-state index contributed by atoms with van der Waals surface area (Å²) in [7, 11) is 0. The minimum absolute atomic E-state index is 0.102. The molecule has 2 unspecified atom stereocenters. The fraction of sp³-hybridized carbons (Fsp3) is 1.00. The zero-order valence-corrected chi connectivity index (χ0v) is 6.06. The molecule has 3 N–H and O–H groups in total. The predicted octanol–water partition coefficient (Wildman–Crippen LogP) is -0.601. The van der Waals surface area contributed by atoms with Gasteiger partial charge in [-0.1, -0.05) is 0 Å². The molecule has 3 nitrogen and oxygen atoms in total. The van der Waals surface area contributed by atoms with E-state index in [1.807, 2.05) is 0 Å². The van der Waals surface area contributed by atoms with Crippen molar-refractivity contribution < 1.29 is 8.78 Å². The molecular weight excluding hydrogens is 152 g/mol. The third-order valence-corrected chi connectivity index (χ3v) is 2.49. The third kappa shape index (κ3) is 1.04. The van der Waals surface area contributed by atoms with E-state index in [1.54, 1.807) is 0 Å². The number of fused-ring (bicyclic) bond motifs is 1. The number of hydrogen-bond donors (Lipinski definition) is 2. The molecule has 2 saturated heterocycles. The number of halogens is 2. The number of rotatable bonds is 0. The van der Waals surface area contributed by atoms with E-state index in [2.05, 4.69) is 5.32 Å². The molecular formula is C6H11F2N3. The number of hydrogen-bond acceptors (Lipinski definition) is 3. The van der Waals surface area contributed by atoms with Crippen molar-refractivity contribution in [2.45, 2.75) is 12.0 Å². The van der Waals surface area contributed by atoms with Gasteiger partial charge in [-0.3, -0.25) is 5.84 Å². The van der Waals surface area contributed by atoms with Crippen LogP contribution in [-0.2, 0) is 0 Å². The van der Waals surface area contributed by atoms with Gasteiger partial charge in [0.05, 0.1) is 12.5 Å². The van der Waals surface area contributed by atoms with E-state index in [0.29, 0.717) is 13.1 Å². The van der Waals surface area contributed by atoms with Gasteiger partial charge in [-0.25, -0.2) is 13.8 Å². The van der Waals surface area contributed by atoms with Gasteiger partial charge in [0.25, 0.3) is 5.92 Å². The molecule has 0 aromatic rings. The largest absolute Gasteiger partial charge is 0.306 e. The standard InChI is InChI=1S/C6H11F2N3/c7-6(8)3-10-5-2-11(9)1-4(5)6/h4-5,10H,1-3,9H2. The summed E-state index contributed by atoms with van der Waals surface area (Å²) < 4.78 is 25.9. The van der Waals surface area contributed by atoms with Crippen LogP contribution in [0.2, 0.25) is 0 Å². The first kappa shape index (κ1) is 7.39. The van der Waals surface area contributed by atoms with Crippen molar-refractivity contribution in [3.63, 3.8) is 0 Å². The van der Waals surface area contributed by atoms with Crippen LogP contribution in [0.25, 0.3) is 0 Å². The Balaban J connectivity index is 2.13. The Bertz CT molecular complexity index is 173. The van der Waals surface area contributed by atoms with Crippen molar-refractivity contribution in [3.8, 4) is 0 Å². The van der Waals surface area contributed by atoms with E-state index in [-0.39, 0.29) is 12.6 Å². The summed E-state index contributed by atoms with van der Waals surface area (Å²) >= 11 is 0. The van der Waals surface area contributed by atoms with E-state index < -0.39 is 11.8 Å². The fourth-order valence-electron chi connectivity index (χ4n) is 1.87. The zero-order chi connectivity index (χ0) is 8.06. The monoisotopic (exact) mass is 163 g/mol. The van der Waals surface area contributed by atoms with Crippen LogP contribution in [0, 0.1) is 5.92 Å². The van der Waals surface area contributed by atoms with Crippen molar-refractivity contribution in [3.05, 3.63) is 0 Å². The maximum Gasteiger partial charge on any atom is 0.265 e. The Morgan fingerprint density at radius 1 is 1.45 bits per heavy atom. The first-order valence-corrected chi connectivity index (χ1v) is 3.70. The second-order valence-electron chi connectivity index (χ2n) is 3.31. The van der Waals surface area contributed by atoms with E-state index >= 15 is 0 Å². The highest BCUT2D eigenvalue weighted by molar-refractivity contribution is 5.01. The van der Waals surface area contributed by atoms with Crippen molar-refractivity contribution >= 4 is 0 Å². The van der Waals surface area contributed by atoms with Crippen molar-refractivity contribution in [2.75, 3.05) is 19.6 Å². The van der Waals surface area contributed by atoms with Crippen LogP contribution in [-0.4, -0.2) is 36.6 Å². The van der Waals surface area contributed by atoms with E-state index in [4.69, 9.17) is 5.84 Å². The summed E-state index contributed by atoms with van der Waals surface area (Å²) in [5.74, 6) is 2.27. The normalized spacial score (nSPS) is 42.8. The third-order valence-electron chi connectivity index (χ3n) is 2.49. The summed E-state index contributed by atoms with van der Waals surface area (Å²) in [6.07, 6.45) is 0. The molecule has 11 heavy (non-hydrogen) atoms. The van der Waals surface area contributed by atoms with Gasteiger partial charge in [0.1, 0.15) is 0 Å². The molecule has 0 bridgehead atoms. The summed E-state index contributed by atoms with van der Waals surface area (Å²) in [5.41, 5.74) is 0. The van der Waals surface area contributed by atoms with Gasteiger partial charge in [-0.15, -0.1) is 0 Å².